The van der Waals surface area contributed by atoms with E-state index in [4.69, 9.17) is 11.6 Å². The van der Waals surface area contributed by atoms with Crippen molar-refractivity contribution in [3.05, 3.63) is 98.1 Å². The van der Waals surface area contributed by atoms with E-state index in [0.717, 1.165) is 8.47 Å². The molecule has 0 fully saturated rings. The van der Waals surface area contributed by atoms with Gasteiger partial charge in [-0.05, 0) is 64.0 Å². The molecule has 0 radical (unpaired) electrons. The topological polar surface area (TPSA) is 89.5 Å². The van der Waals surface area contributed by atoms with Crippen molar-refractivity contribution in [3.63, 3.8) is 0 Å². The number of hydrogen-bond donors (Lipinski definition) is 1. The first-order chi connectivity index (χ1) is 14.9. The number of carboxylic acid groups (broad SMARTS) is 1. The monoisotopic (exact) mass is 545 g/mol. The molecule has 0 saturated carbocycles. The number of halogens is 2. The lowest BCUT2D eigenvalue weighted by Gasteiger charge is -2.37. The van der Waals surface area contributed by atoms with Crippen LogP contribution in [0.25, 0.3) is 0 Å². The fraction of sp³-hybridized carbons (Fsp3) is 0.0870. The third-order valence-electron chi connectivity index (χ3n) is 5.03. The van der Waals surface area contributed by atoms with Gasteiger partial charge in [0.1, 0.15) is 6.04 Å². The predicted octanol–water partition coefficient (Wildman–Crippen LogP) is 3.57. The van der Waals surface area contributed by atoms with Gasteiger partial charge in [0.25, 0.3) is 11.8 Å². The average Bonchev–Trinajstić information content (AvgIpc) is 2.85. The number of fused-ring (bicyclic) bond motifs is 1. The SMILES string of the molecule is O=C([O-])C(c1ccccc1)N1C(=O)c2cc(I)ccc2NC(=O)C1c1ccc(Cl)cc1. The minimum Gasteiger partial charge on any atom is -0.548 e. The molecule has 2 unspecified atom stereocenters. The second-order valence-electron chi connectivity index (χ2n) is 6.98. The van der Waals surface area contributed by atoms with Gasteiger partial charge in [-0.25, -0.2) is 0 Å². The zero-order chi connectivity index (χ0) is 22.1. The van der Waals surface area contributed by atoms with E-state index >= 15 is 0 Å². The van der Waals surface area contributed by atoms with E-state index in [9.17, 15) is 19.5 Å². The van der Waals surface area contributed by atoms with E-state index in [-0.39, 0.29) is 5.56 Å². The summed E-state index contributed by atoms with van der Waals surface area (Å²) < 4.78 is 0.772. The van der Waals surface area contributed by atoms with Gasteiger partial charge >= 0.3 is 0 Å². The van der Waals surface area contributed by atoms with Crippen LogP contribution in [-0.2, 0) is 9.59 Å². The Hall–Kier alpha value is -2.91. The lowest BCUT2D eigenvalue weighted by Crippen LogP contribution is -2.48. The highest BCUT2D eigenvalue weighted by molar-refractivity contribution is 14.1. The van der Waals surface area contributed by atoms with Gasteiger partial charge in [-0.2, -0.15) is 0 Å². The summed E-state index contributed by atoms with van der Waals surface area (Å²) in [5, 5.41) is 15.5. The summed E-state index contributed by atoms with van der Waals surface area (Å²) in [6, 6.07) is 16.9. The molecule has 1 N–H and O–H groups in total. The normalized spacial score (nSPS) is 16.8. The maximum Gasteiger partial charge on any atom is 0.257 e. The molecule has 3 aromatic rings. The number of amides is 2. The third kappa shape index (κ3) is 4.15. The number of rotatable bonds is 4. The van der Waals surface area contributed by atoms with E-state index < -0.39 is 29.9 Å². The Morgan fingerprint density at radius 3 is 2.35 bits per heavy atom. The minimum atomic E-state index is -1.49. The fourth-order valence-electron chi connectivity index (χ4n) is 3.66. The molecular weight excluding hydrogens is 531 g/mol. The number of carboxylic acids is 1. The van der Waals surface area contributed by atoms with Gasteiger partial charge in [-0.3, -0.25) is 9.59 Å². The van der Waals surface area contributed by atoms with E-state index in [1.54, 1.807) is 72.8 Å². The van der Waals surface area contributed by atoms with Crippen molar-refractivity contribution < 1.29 is 19.5 Å². The first-order valence-electron chi connectivity index (χ1n) is 9.31. The molecule has 0 bridgehead atoms. The molecule has 31 heavy (non-hydrogen) atoms. The highest BCUT2D eigenvalue weighted by Gasteiger charge is 2.41. The molecule has 0 aliphatic carbocycles. The van der Waals surface area contributed by atoms with Crippen molar-refractivity contribution in [2.45, 2.75) is 12.1 Å². The second kappa shape index (κ2) is 8.68. The highest BCUT2D eigenvalue weighted by Crippen LogP contribution is 2.38. The number of nitrogens with zero attached hydrogens (tertiary/aromatic N) is 1. The molecule has 8 heteroatoms. The van der Waals surface area contributed by atoms with Gasteiger partial charge in [-0.15, -0.1) is 0 Å². The molecule has 0 spiro atoms. The Morgan fingerprint density at radius 1 is 1.03 bits per heavy atom. The highest BCUT2D eigenvalue weighted by atomic mass is 127. The van der Waals surface area contributed by atoms with Gasteiger partial charge in [0.05, 0.1) is 23.3 Å². The van der Waals surface area contributed by atoms with Gasteiger partial charge in [-0.1, -0.05) is 54.1 Å². The van der Waals surface area contributed by atoms with Crippen molar-refractivity contribution >= 4 is 57.7 Å². The van der Waals surface area contributed by atoms with Crippen molar-refractivity contribution in [2.24, 2.45) is 0 Å². The summed E-state index contributed by atoms with van der Waals surface area (Å²) in [6.07, 6.45) is 0. The Kier molecular flexibility index (Phi) is 5.97. The number of carbonyl (C=O) groups excluding carboxylic acids is 3. The molecule has 2 atom stereocenters. The number of hydrogen-bond acceptors (Lipinski definition) is 4. The van der Waals surface area contributed by atoms with Gasteiger partial charge < -0.3 is 20.1 Å². The van der Waals surface area contributed by atoms with Crippen LogP contribution < -0.4 is 10.4 Å². The van der Waals surface area contributed by atoms with Crippen molar-refractivity contribution in [1.82, 2.24) is 4.90 Å². The summed E-state index contributed by atoms with van der Waals surface area (Å²) in [6.45, 7) is 0. The molecule has 156 valence electrons. The molecule has 2 amide bonds. The quantitative estimate of drug-likeness (QED) is 0.508. The maximum atomic E-state index is 13.7. The maximum absolute atomic E-state index is 13.7. The van der Waals surface area contributed by atoms with Crippen LogP contribution in [0.1, 0.15) is 33.6 Å². The number of anilines is 1. The Labute approximate surface area is 197 Å². The Balaban J connectivity index is 1.96. The molecule has 3 aromatic carbocycles. The third-order valence-corrected chi connectivity index (χ3v) is 5.96. The van der Waals surface area contributed by atoms with Crippen LogP contribution in [0.5, 0.6) is 0 Å². The Bertz CT molecular complexity index is 1170. The van der Waals surface area contributed by atoms with E-state index in [0.29, 0.717) is 21.8 Å². The first-order valence-corrected chi connectivity index (χ1v) is 10.8. The molecule has 1 heterocycles. The zero-order valence-corrected chi connectivity index (χ0v) is 18.8. The van der Waals surface area contributed by atoms with Crippen LogP contribution in [0.2, 0.25) is 5.02 Å². The van der Waals surface area contributed by atoms with E-state index in [2.05, 4.69) is 27.9 Å². The van der Waals surface area contributed by atoms with Crippen molar-refractivity contribution in [3.8, 4) is 0 Å². The summed E-state index contributed by atoms with van der Waals surface area (Å²) in [5.74, 6) is -2.61. The lowest BCUT2D eigenvalue weighted by atomic mass is 9.98. The van der Waals surface area contributed by atoms with E-state index in [1.807, 2.05) is 0 Å². The second-order valence-corrected chi connectivity index (χ2v) is 8.66. The number of nitrogens with one attached hydrogen (secondary N) is 1. The average molecular weight is 546 g/mol. The number of benzene rings is 3. The predicted molar refractivity (Wildman–Crippen MR) is 122 cm³/mol. The lowest BCUT2D eigenvalue weighted by molar-refractivity contribution is -0.311. The van der Waals surface area contributed by atoms with Crippen LogP contribution in [0.15, 0.2) is 72.8 Å². The molecule has 1 aliphatic heterocycles. The standard InChI is InChI=1S/C23H16ClIN2O4/c24-15-8-6-14(7-9-15)19-21(28)26-18-11-10-16(25)12-17(18)22(29)27(19)20(23(30)31)13-4-2-1-3-5-13/h1-12,19-20H,(H,26,28)(H,30,31)/p-1. The van der Waals surface area contributed by atoms with Gasteiger partial charge in [0.2, 0.25) is 0 Å². The van der Waals surface area contributed by atoms with Crippen LogP contribution in [0, 0.1) is 3.57 Å². The van der Waals surface area contributed by atoms with Crippen LogP contribution in [-0.4, -0.2) is 22.7 Å². The summed E-state index contributed by atoms with van der Waals surface area (Å²) >= 11 is 8.05. The Morgan fingerprint density at radius 2 is 1.71 bits per heavy atom. The van der Waals surface area contributed by atoms with Crippen molar-refractivity contribution in [1.29, 1.82) is 0 Å². The van der Waals surface area contributed by atoms with Crippen LogP contribution >= 0.6 is 34.2 Å². The largest absolute Gasteiger partial charge is 0.548 e. The molecule has 6 nitrogen and oxygen atoms in total. The van der Waals surface area contributed by atoms with E-state index in [1.165, 1.54) is 0 Å². The molecule has 4 rings (SSSR count). The number of carbonyl (C=O) groups is 3. The molecule has 0 aromatic heterocycles. The van der Waals surface area contributed by atoms with Crippen LogP contribution in [0.3, 0.4) is 0 Å². The molecule has 1 aliphatic rings. The van der Waals surface area contributed by atoms with Crippen LogP contribution in [0.4, 0.5) is 5.69 Å². The van der Waals surface area contributed by atoms with Crippen molar-refractivity contribution in [2.75, 3.05) is 5.32 Å². The minimum absolute atomic E-state index is 0.207. The molecule has 0 saturated heterocycles. The van der Waals surface area contributed by atoms with Gasteiger partial charge in [0.15, 0.2) is 0 Å². The first kappa shape index (κ1) is 21.3. The number of aliphatic carboxylic acids is 1. The molecular formula is C23H15ClIN2O4-. The van der Waals surface area contributed by atoms with Gasteiger partial charge in [0, 0.05) is 8.59 Å². The summed E-state index contributed by atoms with van der Waals surface area (Å²) in [7, 11) is 0. The summed E-state index contributed by atoms with van der Waals surface area (Å²) in [4.78, 5) is 40.4. The zero-order valence-electron chi connectivity index (χ0n) is 15.9. The fourth-order valence-corrected chi connectivity index (χ4v) is 4.27. The summed E-state index contributed by atoms with van der Waals surface area (Å²) in [5.41, 5.74) is 1.29. The smallest absolute Gasteiger partial charge is 0.257 e.